The standard InChI is InChI=1S/C6H5.C3H4N2.Ir/c1-2-4-6-5-3-1;1-2-5-3-4-1;/h1-5H;1,3H,2H2;. The van der Waals surface area contributed by atoms with Gasteiger partial charge in [-0.2, -0.15) is 0 Å². The molecule has 1 aromatic rings. The first-order chi connectivity index (χ1) is 5.89. The molecule has 3 heteroatoms. The maximum absolute atomic E-state index is 3.74. The molecule has 0 fully saturated rings. The van der Waals surface area contributed by atoms with Gasteiger partial charge in [-0.3, -0.25) is 4.99 Å². The van der Waals surface area contributed by atoms with E-state index >= 15 is 0 Å². The van der Waals surface area contributed by atoms with Crippen molar-refractivity contribution in [2.75, 3.05) is 6.54 Å². The average Bonchev–Trinajstić information content (AvgIpc) is 2.62. The van der Waals surface area contributed by atoms with Crippen LogP contribution in [0.3, 0.4) is 0 Å². The first kappa shape index (κ1) is 9.30. The number of hydrogen-bond donors (Lipinski definition) is 0. The number of hydrogen-bond acceptors (Lipinski definition) is 2. The van der Waals surface area contributed by atoms with Crippen LogP contribution in [-0.4, -0.2) is 19.1 Å². The van der Waals surface area contributed by atoms with E-state index in [1.807, 2.05) is 18.2 Å². The molecule has 0 spiro atoms. The molecule has 0 unspecified atom stereocenters. The van der Waals surface area contributed by atoms with Crippen molar-refractivity contribution >= 4 is 16.6 Å². The van der Waals surface area contributed by atoms with Gasteiger partial charge in [0.15, 0.2) is 0 Å². The van der Waals surface area contributed by atoms with Crippen molar-refractivity contribution < 1.29 is 18.9 Å². The fourth-order valence-corrected chi connectivity index (χ4v) is 1.10. The van der Waals surface area contributed by atoms with Crippen LogP contribution in [0.15, 0.2) is 40.3 Å². The molecule has 2 rings (SSSR count). The maximum atomic E-state index is 3.74. The Bertz CT molecular complexity index is 257. The minimum absolute atomic E-state index is 0.778. The molecule has 0 atom stereocenters. The third-order valence-corrected chi connectivity index (χ3v) is 1.96. The van der Waals surface area contributed by atoms with Crippen LogP contribution in [0.25, 0.3) is 0 Å². The average molecular weight is 337 g/mol. The van der Waals surface area contributed by atoms with Gasteiger partial charge in [0, 0.05) is 6.21 Å². The molecule has 0 saturated carbocycles. The molecule has 12 heavy (non-hydrogen) atoms. The second-order valence-electron chi connectivity index (χ2n) is 2.08. The van der Waals surface area contributed by atoms with Gasteiger partial charge < -0.3 is 0 Å². The summed E-state index contributed by atoms with van der Waals surface area (Å²) in [6.45, 7) is 0.778. The van der Waals surface area contributed by atoms with Gasteiger partial charge in [-0.1, -0.05) is 0 Å². The zero-order chi connectivity index (χ0) is 8.65. The zero-order valence-electron chi connectivity index (χ0n) is 6.48. The predicted octanol–water partition coefficient (Wildman–Crippen LogP) is 0.958. The van der Waals surface area contributed by atoms with Crippen molar-refractivity contribution in [1.29, 1.82) is 0 Å². The van der Waals surface area contributed by atoms with Gasteiger partial charge in [-0.15, -0.1) is 0 Å². The Balaban J connectivity index is 0.000000127. The summed E-state index contributed by atoms with van der Waals surface area (Å²) in [5, 5.41) is 0. The number of rotatable bonds is 0. The molecule has 0 aromatic heterocycles. The first-order valence-electron chi connectivity index (χ1n) is 3.58. The minimum atomic E-state index is 0.778. The molecule has 0 radical (unpaired) electrons. The van der Waals surface area contributed by atoms with Crippen LogP contribution in [0.4, 0.5) is 0 Å². The molecule has 0 bridgehead atoms. The van der Waals surface area contributed by atoms with Crippen LogP contribution >= 0.6 is 0 Å². The van der Waals surface area contributed by atoms with Crippen molar-refractivity contribution in [3.8, 4) is 0 Å². The van der Waals surface area contributed by atoms with E-state index in [0.717, 1.165) is 6.54 Å². The van der Waals surface area contributed by atoms with E-state index in [-0.39, 0.29) is 0 Å². The van der Waals surface area contributed by atoms with Gasteiger partial charge in [0.05, 0.1) is 6.54 Å². The predicted molar refractivity (Wildman–Crippen MR) is 47.9 cm³/mol. The Kier molecular flexibility index (Phi) is 4.50. The van der Waals surface area contributed by atoms with Crippen LogP contribution in [-0.2, 0) is 18.9 Å². The van der Waals surface area contributed by atoms with Crippen LogP contribution in [0.1, 0.15) is 0 Å². The molecule has 1 heterocycles. The molecule has 0 N–H and O–H groups in total. The Labute approximate surface area is 82.6 Å². The summed E-state index contributed by atoms with van der Waals surface area (Å²) in [6, 6.07) is 10.3. The van der Waals surface area contributed by atoms with Gasteiger partial charge in [-0.25, -0.2) is 4.99 Å². The summed E-state index contributed by atoms with van der Waals surface area (Å²) in [7, 11) is 0. The Morgan fingerprint density at radius 1 is 1.17 bits per heavy atom. The SMILES string of the molecule is C1=NC=NC1.[Ir][c]1ccccc1. The fraction of sp³-hybridized carbons (Fsp3) is 0.111. The van der Waals surface area contributed by atoms with Gasteiger partial charge in [0.25, 0.3) is 0 Å². The van der Waals surface area contributed by atoms with Crippen LogP contribution in [0, 0.1) is 0 Å². The van der Waals surface area contributed by atoms with E-state index < -0.39 is 0 Å². The summed E-state index contributed by atoms with van der Waals surface area (Å²) >= 11 is 2.08. The zero-order valence-corrected chi connectivity index (χ0v) is 8.87. The molecule has 0 aliphatic carbocycles. The van der Waals surface area contributed by atoms with Crippen molar-refractivity contribution in [2.24, 2.45) is 9.98 Å². The van der Waals surface area contributed by atoms with E-state index in [0.29, 0.717) is 0 Å². The van der Waals surface area contributed by atoms with Crippen molar-refractivity contribution in [2.45, 2.75) is 0 Å². The van der Waals surface area contributed by atoms with E-state index in [4.69, 9.17) is 0 Å². The van der Waals surface area contributed by atoms with E-state index in [1.54, 1.807) is 12.6 Å². The number of nitrogens with zero attached hydrogens (tertiary/aromatic N) is 2. The monoisotopic (exact) mass is 338 g/mol. The Hall–Kier alpha value is -0.791. The molecule has 1 aliphatic heterocycles. The summed E-state index contributed by atoms with van der Waals surface area (Å²) < 4.78 is 1.32. The third kappa shape index (κ3) is 4.16. The van der Waals surface area contributed by atoms with Gasteiger partial charge in [0.2, 0.25) is 0 Å². The van der Waals surface area contributed by atoms with Gasteiger partial charge in [-0.05, 0) is 0 Å². The molecule has 0 amide bonds. The van der Waals surface area contributed by atoms with Crippen LogP contribution < -0.4 is 4.08 Å². The van der Waals surface area contributed by atoms with Crippen molar-refractivity contribution in [3.63, 3.8) is 0 Å². The first-order valence-corrected chi connectivity index (χ1v) is 4.77. The van der Waals surface area contributed by atoms with E-state index in [9.17, 15) is 0 Å². The topological polar surface area (TPSA) is 24.7 Å². The van der Waals surface area contributed by atoms with E-state index in [2.05, 4.69) is 41.0 Å². The molecular formula is C9H9IrN2. The quantitative estimate of drug-likeness (QED) is 0.674. The van der Waals surface area contributed by atoms with Gasteiger partial charge >= 0.3 is 53.3 Å². The summed E-state index contributed by atoms with van der Waals surface area (Å²) in [4.78, 5) is 7.40. The van der Waals surface area contributed by atoms with Crippen molar-refractivity contribution in [3.05, 3.63) is 30.3 Å². The number of aliphatic imine (C=N–C) groups is 2. The summed E-state index contributed by atoms with van der Waals surface area (Å²) in [5.41, 5.74) is 0. The van der Waals surface area contributed by atoms with Gasteiger partial charge in [0.1, 0.15) is 6.34 Å². The second kappa shape index (κ2) is 5.81. The summed E-state index contributed by atoms with van der Waals surface area (Å²) in [6.07, 6.45) is 3.32. The number of benzene rings is 1. The normalized spacial score (nSPS) is 12.5. The Morgan fingerprint density at radius 2 is 1.92 bits per heavy atom. The molecule has 0 saturated heterocycles. The fourth-order valence-electron chi connectivity index (χ4n) is 0.642. The molecule has 1 aromatic carbocycles. The molecule has 64 valence electrons. The third-order valence-electron chi connectivity index (χ3n) is 1.16. The van der Waals surface area contributed by atoms with E-state index in [1.165, 1.54) is 4.08 Å². The molecule has 1 aliphatic rings. The summed E-state index contributed by atoms with van der Waals surface area (Å²) in [5.74, 6) is 0. The van der Waals surface area contributed by atoms with Crippen LogP contribution in [0.2, 0.25) is 0 Å². The molecular weight excluding hydrogens is 328 g/mol. The van der Waals surface area contributed by atoms with Crippen molar-refractivity contribution in [1.82, 2.24) is 0 Å². The van der Waals surface area contributed by atoms with Crippen LogP contribution in [0.5, 0.6) is 0 Å². The molecule has 2 nitrogen and oxygen atoms in total. The Morgan fingerprint density at radius 3 is 2.17 bits per heavy atom. The second-order valence-corrected chi connectivity index (χ2v) is 3.46.